The van der Waals surface area contributed by atoms with E-state index in [4.69, 9.17) is 5.73 Å². The molecule has 2 aromatic rings. The number of halogens is 1. The lowest BCUT2D eigenvalue weighted by Crippen LogP contribution is -2.45. The van der Waals surface area contributed by atoms with Crippen molar-refractivity contribution in [1.29, 1.82) is 0 Å². The SMILES string of the molecule is NC(=O)[C@H](Cc1cccnc1Br)NC(=O)c1cccc([N+](=O)[O-])c1. The van der Waals surface area contributed by atoms with Crippen LogP contribution < -0.4 is 11.1 Å². The van der Waals surface area contributed by atoms with E-state index in [1.165, 1.54) is 18.2 Å². The maximum atomic E-state index is 12.2. The summed E-state index contributed by atoms with van der Waals surface area (Å²) in [5.74, 6) is -1.34. The van der Waals surface area contributed by atoms with Crippen LogP contribution in [0.5, 0.6) is 0 Å². The zero-order valence-corrected chi connectivity index (χ0v) is 13.9. The van der Waals surface area contributed by atoms with Crippen LogP contribution in [0.4, 0.5) is 5.69 Å². The summed E-state index contributed by atoms with van der Waals surface area (Å²) in [5, 5.41) is 13.3. The van der Waals surface area contributed by atoms with Gasteiger partial charge in [-0.2, -0.15) is 0 Å². The van der Waals surface area contributed by atoms with Crippen LogP contribution >= 0.6 is 15.9 Å². The van der Waals surface area contributed by atoms with Crippen LogP contribution in [0.1, 0.15) is 15.9 Å². The van der Waals surface area contributed by atoms with Gasteiger partial charge < -0.3 is 11.1 Å². The van der Waals surface area contributed by atoms with Gasteiger partial charge >= 0.3 is 0 Å². The smallest absolute Gasteiger partial charge is 0.270 e. The van der Waals surface area contributed by atoms with Crippen molar-refractivity contribution in [3.05, 3.63) is 68.4 Å². The van der Waals surface area contributed by atoms with Gasteiger partial charge in [0.05, 0.1) is 4.92 Å². The molecule has 0 radical (unpaired) electrons. The Bertz CT molecular complexity index is 797. The maximum Gasteiger partial charge on any atom is 0.270 e. The minimum absolute atomic E-state index is 0.0701. The zero-order chi connectivity index (χ0) is 17.7. The highest BCUT2D eigenvalue weighted by molar-refractivity contribution is 9.10. The number of hydrogen-bond donors (Lipinski definition) is 2. The molecule has 0 saturated heterocycles. The Morgan fingerprint density at radius 2 is 2.08 bits per heavy atom. The molecule has 1 heterocycles. The van der Waals surface area contributed by atoms with Crippen molar-refractivity contribution < 1.29 is 14.5 Å². The fourth-order valence-corrected chi connectivity index (χ4v) is 2.43. The van der Waals surface area contributed by atoms with Gasteiger partial charge in [-0.3, -0.25) is 19.7 Å². The number of carbonyl (C=O) groups is 2. The summed E-state index contributed by atoms with van der Waals surface area (Å²) >= 11 is 3.26. The molecule has 0 saturated carbocycles. The Kier molecular flexibility index (Phi) is 5.59. The molecule has 24 heavy (non-hydrogen) atoms. The van der Waals surface area contributed by atoms with Gasteiger partial charge in [-0.05, 0) is 33.6 Å². The predicted molar refractivity (Wildman–Crippen MR) is 89.2 cm³/mol. The van der Waals surface area contributed by atoms with E-state index in [9.17, 15) is 19.7 Å². The first-order valence-corrected chi connectivity index (χ1v) is 7.62. The standard InChI is InChI=1S/C15H13BrN4O4/c16-13-9(4-2-6-18-13)8-12(14(17)21)19-15(22)10-3-1-5-11(7-10)20(23)24/h1-7,12H,8H2,(H2,17,21)(H,19,22)/t12-/m0/s1. The Hall–Kier alpha value is -2.81. The average molecular weight is 393 g/mol. The van der Waals surface area contributed by atoms with Gasteiger partial charge in [0, 0.05) is 30.3 Å². The minimum atomic E-state index is -0.975. The number of pyridine rings is 1. The van der Waals surface area contributed by atoms with Crippen LogP contribution in [0.2, 0.25) is 0 Å². The fourth-order valence-electron chi connectivity index (χ4n) is 2.02. The number of nitro groups is 1. The summed E-state index contributed by atoms with van der Waals surface area (Å²) in [4.78, 5) is 38.1. The number of carbonyl (C=O) groups excluding carboxylic acids is 2. The predicted octanol–water partition coefficient (Wildman–Crippen LogP) is 1.58. The van der Waals surface area contributed by atoms with Crippen molar-refractivity contribution in [1.82, 2.24) is 10.3 Å². The number of hydrogen-bond acceptors (Lipinski definition) is 5. The largest absolute Gasteiger partial charge is 0.368 e. The summed E-state index contributed by atoms with van der Waals surface area (Å²) in [6, 6.07) is 7.68. The number of nitro benzene ring substituents is 1. The molecule has 124 valence electrons. The molecule has 0 unspecified atom stereocenters. The normalized spacial score (nSPS) is 11.5. The minimum Gasteiger partial charge on any atom is -0.368 e. The van der Waals surface area contributed by atoms with Crippen LogP contribution in [0.25, 0.3) is 0 Å². The van der Waals surface area contributed by atoms with Crippen LogP contribution in [-0.4, -0.2) is 27.8 Å². The Morgan fingerprint density at radius 3 is 2.71 bits per heavy atom. The number of nitrogens with two attached hydrogens (primary N) is 1. The van der Waals surface area contributed by atoms with Crippen LogP contribution in [0.15, 0.2) is 47.2 Å². The molecule has 3 N–H and O–H groups in total. The molecule has 0 aliphatic carbocycles. The maximum absolute atomic E-state index is 12.2. The fraction of sp³-hybridized carbons (Fsp3) is 0.133. The molecule has 1 aromatic carbocycles. The number of nitrogens with zero attached hydrogens (tertiary/aromatic N) is 2. The van der Waals surface area contributed by atoms with E-state index < -0.39 is 22.8 Å². The first-order chi connectivity index (χ1) is 11.4. The molecule has 0 spiro atoms. The molecule has 9 heteroatoms. The Labute approximate surface area is 145 Å². The molecular weight excluding hydrogens is 380 g/mol. The number of primary amides is 1. The van der Waals surface area contributed by atoms with Gasteiger partial charge in [0.15, 0.2) is 0 Å². The van der Waals surface area contributed by atoms with Crippen molar-refractivity contribution in [2.45, 2.75) is 12.5 Å². The van der Waals surface area contributed by atoms with Crippen LogP contribution in [0, 0.1) is 10.1 Å². The van der Waals surface area contributed by atoms with Gasteiger partial charge in [-0.1, -0.05) is 12.1 Å². The van der Waals surface area contributed by atoms with Gasteiger partial charge in [-0.25, -0.2) is 4.98 Å². The molecular formula is C15H13BrN4O4. The number of amides is 2. The highest BCUT2D eigenvalue weighted by Gasteiger charge is 2.21. The second kappa shape index (κ2) is 7.64. The molecule has 0 aliphatic heterocycles. The van der Waals surface area contributed by atoms with Crippen molar-refractivity contribution >= 4 is 33.4 Å². The number of nitrogens with one attached hydrogen (secondary N) is 1. The topological polar surface area (TPSA) is 128 Å². The van der Waals surface area contributed by atoms with E-state index in [0.717, 1.165) is 6.07 Å². The van der Waals surface area contributed by atoms with Gasteiger partial charge in [0.25, 0.3) is 11.6 Å². The number of benzene rings is 1. The quantitative estimate of drug-likeness (QED) is 0.438. The van der Waals surface area contributed by atoms with Crippen LogP contribution in [0.3, 0.4) is 0 Å². The lowest BCUT2D eigenvalue weighted by Gasteiger charge is -2.16. The third kappa shape index (κ3) is 4.35. The lowest BCUT2D eigenvalue weighted by molar-refractivity contribution is -0.384. The molecule has 0 aliphatic rings. The zero-order valence-electron chi connectivity index (χ0n) is 12.3. The number of aromatic nitrogens is 1. The molecule has 0 bridgehead atoms. The van der Waals surface area contributed by atoms with E-state index in [1.54, 1.807) is 18.3 Å². The van der Waals surface area contributed by atoms with Crippen LogP contribution in [-0.2, 0) is 11.2 Å². The van der Waals surface area contributed by atoms with Gasteiger partial charge in [0.1, 0.15) is 10.6 Å². The van der Waals surface area contributed by atoms with E-state index >= 15 is 0 Å². The second-order valence-corrected chi connectivity index (χ2v) is 5.64. The number of rotatable bonds is 6. The Balaban J connectivity index is 2.17. The lowest BCUT2D eigenvalue weighted by atomic mass is 10.1. The number of non-ortho nitro benzene ring substituents is 1. The van der Waals surface area contributed by atoms with E-state index in [2.05, 4.69) is 26.2 Å². The third-order valence-electron chi connectivity index (χ3n) is 3.23. The van der Waals surface area contributed by atoms with Crippen molar-refractivity contribution in [2.75, 3.05) is 0 Å². The second-order valence-electron chi connectivity index (χ2n) is 4.89. The molecule has 0 fully saturated rings. The summed E-state index contributed by atoms with van der Waals surface area (Å²) in [6.45, 7) is 0. The summed E-state index contributed by atoms with van der Waals surface area (Å²) in [5.41, 5.74) is 5.89. The summed E-state index contributed by atoms with van der Waals surface area (Å²) in [7, 11) is 0. The third-order valence-corrected chi connectivity index (χ3v) is 3.94. The van der Waals surface area contributed by atoms with Crippen molar-refractivity contribution in [3.8, 4) is 0 Å². The molecule has 2 rings (SSSR count). The van der Waals surface area contributed by atoms with Gasteiger partial charge in [-0.15, -0.1) is 0 Å². The molecule has 1 aromatic heterocycles. The van der Waals surface area contributed by atoms with Crippen molar-refractivity contribution in [2.24, 2.45) is 5.73 Å². The monoisotopic (exact) mass is 392 g/mol. The van der Waals surface area contributed by atoms with Crippen molar-refractivity contribution in [3.63, 3.8) is 0 Å². The van der Waals surface area contributed by atoms with E-state index in [1.807, 2.05) is 0 Å². The highest BCUT2D eigenvalue weighted by atomic mass is 79.9. The molecule has 2 amide bonds. The summed E-state index contributed by atoms with van der Waals surface area (Å²) in [6.07, 6.45) is 1.72. The summed E-state index contributed by atoms with van der Waals surface area (Å²) < 4.78 is 0.542. The van der Waals surface area contributed by atoms with E-state index in [0.29, 0.717) is 10.2 Å². The molecule has 8 nitrogen and oxygen atoms in total. The first-order valence-electron chi connectivity index (χ1n) is 6.82. The van der Waals surface area contributed by atoms with Gasteiger partial charge in [0.2, 0.25) is 5.91 Å². The Morgan fingerprint density at radius 1 is 1.33 bits per heavy atom. The van der Waals surface area contributed by atoms with E-state index in [-0.39, 0.29) is 17.7 Å². The highest BCUT2D eigenvalue weighted by Crippen LogP contribution is 2.16. The first kappa shape index (κ1) is 17.5. The molecule has 1 atom stereocenters. The average Bonchev–Trinajstić information content (AvgIpc) is 2.56.